The van der Waals surface area contributed by atoms with Crippen LogP contribution in [-0.2, 0) is 12.8 Å². The first kappa shape index (κ1) is 19.4. The molecule has 0 radical (unpaired) electrons. The van der Waals surface area contributed by atoms with Crippen molar-refractivity contribution in [2.45, 2.75) is 91.9 Å². The molecule has 0 fully saturated rings. The van der Waals surface area contributed by atoms with Gasteiger partial charge in [0.15, 0.2) is 0 Å². The minimum Gasteiger partial charge on any atom is -0.508 e. The van der Waals surface area contributed by atoms with E-state index in [1.165, 1.54) is 0 Å². The molecule has 0 heterocycles. The third kappa shape index (κ3) is 4.90. The predicted octanol–water partition coefficient (Wildman–Crippen LogP) is 7.33. The molecule has 0 aliphatic carbocycles. The largest absolute Gasteiger partial charge is 0.508 e. The lowest BCUT2D eigenvalue weighted by Crippen LogP contribution is -2.09. The number of hydrogen-bond donors (Lipinski definition) is 2. The first-order chi connectivity index (χ1) is 14.5. The van der Waals surface area contributed by atoms with Gasteiger partial charge in [-0.3, -0.25) is 0 Å². The summed E-state index contributed by atoms with van der Waals surface area (Å²) in [6.45, 7) is 6.70. The van der Waals surface area contributed by atoms with Gasteiger partial charge in [0.05, 0.1) is 0 Å². The monoisotopic (exact) mass is 386 g/mol. The summed E-state index contributed by atoms with van der Waals surface area (Å²) in [7, 11) is 0. The number of hydrogen-bond acceptors (Lipinski definition) is 2. The zero-order valence-corrected chi connectivity index (χ0v) is 17.9. The number of benzene rings is 2. The second kappa shape index (κ2) is 10.5. The SMILES string of the molecule is [3H]Cc1c(C(CCC)c2ccc(O)c(CCCC)c2C[3H])ccc(O)c1CCCC. The highest BCUT2D eigenvalue weighted by Gasteiger charge is 2.22. The molecule has 2 rings (SSSR count). The predicted molar refractivity (Wildman–Crippen MR) is 120 cm³/mol. The first-order valence-electron chi connectivity index (χ1n) is 12.2. The van der Waals surface area contributed by atoms with E-state index in [9.17, 15) is 10.2 Å². The fourth-order valence-electron chi connectivity index (χ4n) is 4.08. The van der Waals surface area contributed by atoms with Crippen molar-refractivity contribution in [1.82, 2.24) is 0 Å². The highest BCUT2D eigenvalue weighted by Crippen LogP contribution is 2.39. The lowest BCUT2D eigenvalue weighted by molar-refractivity contribution is 0.465. The Labute approximate surface area is 174 Å². The van der Waals surface area contributed by atoms with Gasteiger partial charge in [-0.1, -0.05) is 52.2 Å². The van der Waals surface area contributed by atoms with Crippen molar-refractivity contribution in [3.05, 3.63) is 57.6 Å². The molecule has 0 aromatic heterocycles. The third-order valence-electron chi connectivity index (χ3n) is 5.77. The average molecular weight is 387 g/mol. The molecule has 0 saturated heterocycles. The Hall–Kier alpha value is -1.96. The van der Waals surface area contributed by atoms with Crippen molar-refractivity contribution in [3.63, 3.8) is 0 Å². The van der Waals surface area contributed by atoms with Gasteiger partial charge in [-0.05, 0) is 91.4 Å². The van der Waals surface area contributed by atoms with Gasteiger partial charge in [0.1, 0.15) is 11.5 Å². The van der Waals surface area contributed by atoms with Crippen molar-refractivity contribution >= 4 is 0 Å². The maximum Gasteiger partial charge on any atom is 0.119 e. The number of phenolic OH excluding ortho intramolecular Hbond substituents is 2. The topological polar surface area (TPSA) is 40.5 Å². The van der Waals surface area contributed by atoms with Gasteiger partial charge >= 0.3 is 0 Å². The van der Waals surface area contributed by atoms with Gasteiger partial charge in [-0.2, -0.15) is 0 Å². The van der Waals surface area contributed by atoms with E-state index in [2.05, 4.69) is 20.8 Å². The number of phenols is 2. The number of rotatable bonds is 10. The molecular formula is C26H38O2. The van der Waals surface area contributed by atoms with Gasteiger partial charge in [0.2, 0.25) is 0 Å². The van der Waals surface area contributed by atoms with E-state index >= 15 is 0 Å². The second-order valence-electron chi connectivity index (χ2n) is 7.81. The summed E-state index contributed by atoms with van der Waals surface area (Å²) < 4.78 is 16.4. The van der Waals surface area contributed by atoms with Crippen LogP contribution >= 0.6 is 0 Å². The Morgan fingerprint density at radius 1 is 0.750 bits per heavy atom. The molecule has 0 unspecified atom stereocenters. The summed E-state index contributed by atoms with van der Waals surface area (Å²) in [5, 5.41) is 21.0. The van der Waals surface area contributed by atoms with Crippen LogP contribution in [0.2, 0.25) is 0 Å². The molecule has 28 heavy (non-hydrogen) atoms. The molecule has 154 valence electrons. The Bertz CT molecular complexity index is 752. The van der Waals surface area contributed by atoms with E-state index in [0.29, 0.717) is 11.5 Å². The maximum absolute atomic E-state index is 10.5. The minimum absolute atomic E-state index is 0.0673. The van der Waals surface area contributed by atoms with Crippen LogP contribution in [0.25, 0.3) is 0 Å². The first-order valence-corrected chi connectivity index (χ1v) is 10.8. The molecule has 0 bridgehead atoms. The van der Waals surface area contributed by atoms with Gasteiger partial charge in [-0.15, -0.1) is 0 Å². The summed E-state index contributed by atoms with van der Waals surface area (Å²) in [5.41, 5.74) is 5.86. The van der Waals surface area contributed by atoms with Crippen LogP contribution in [0.4, 0.5) is 0 Å². The molecule has 2 aromatic carbocycles. The molecule has 2 heteroatoms. The van der Waals surface area contributed by atoms with Gasteiger partial charge < -0.3 is 10.2 Å². The van der Waals surface area contributed by atoms with Gasteiger partial charge in [0, 0.05) is 8.66 Å². The van der Waals surface area contributed by atoms with Crippen LogP contribution in [0.3, 0.4) is 0 Å². The van der Waals surface area contributed by atoms with Crippen molar-refractivity contribution in [2.24, 2.45) is 0 Å². The summed E-state index contributed by atoms with van der Waals surface area (Å²) in [6.07, 6.45) is 7.52. The van der Waals surface area contributed by atoms with Crippen LogP contribution in [0.15, 0.2) is 24.3 Å². The molecule has 2 aromatic rings. The molecule has 2 N–H and O–H groups in total. The third-order valence-corrected chi connectivity index (χ3v) is 5.77. The van der Waals surface area contributed by atoms with E-state index in [-0.39, 0.29) is 19.7 Å². The van der Waals surface area contributed by atoms with Crippen molar-refractivity contribution in [2.75, 3.05) is 0 Å². The Morgan fingerprint density at radius 2 is 1.21 bits per heavy atom. The van der Waals surface area contributed by atoms with Gasteiger partial charge in [0.25, 0.3) is 0 Å². The highest BCUT2D eigenvalue weighted by molar-refractivity contribution is 5.52. The van der Waals surface area contributed by atoms with Crippen LogP contribution in [0, 0.1) is 13.8 Å². The second-order valence-corrected chi connectivity index (χ2v) is 7.81. The fraction of sp³-hybridized carbons (Fsp3) is 0.538. The van der Waals surface area contributed by atoms with E-state index < -0.39 is 0 Å². The molecule has 0 saturated carbocycles. The van der Waals surface area contributed by atoms with Crippen LogP contribution in [0.5, 0.6) is 11.5 Å². The molecule has 0 aliphatic heterocycles. The molecule has 0 amide bonds. The Balaban J connectivity index is 2.66. The number of unbranched alkanes of at least 4 members (excludes halogenated alkanes) is 2. The van der Waals surface area contributed by atoms with E-state index in [1.807, 2.05) is 12.1 Å². The molecule has 0 spiro atoms. The van der Waals surface area contributed by atoms with Crippen LogP contribution < -0.4 is 0 Å². The van der Waals surface area contributed by atoms with Crippen molar-refractivity contribution < 1.29 is 13.0 Å². The van der Waals surface area contributed by atoms with E-state index in [4.69, 9.17) is 2.74 Å². The number of aromatic hydroxyl groups is 2. The van der Waals surface area contributed by atoms with E-state index in [1.54, 1.807) is 12.1 Å². The standard InChI is InChI=1S/C26H38O2/c1-6-9-12-22-18(4)20(14-16-25(22)27)24(11-8-3)21-15-17-26(28)23(19(21)5)13-10-7-2/h14-17,24,27-28H,6-13H2,1-5H3/i4T,5T. The smallest absolute Gasteiger partial charge is 0.119 e. The van der Waals surface area contributed by atoms with Crippen molar-refractivity contribution in [3.8, 4) is 11.5 Å². The fourth-order valence-corrected chi connectivity index (χ4v) is 4.08. The summed E-state index contributed by atoms with van der Waals surface area (Å²) >= 11 is 0. The zero-order valence-electron chi connectivity index (χ0n) is 19.9. The summed E-state index contributed by atoms with van der Waals surface area (Å²) in [4.78, 5) is 0. The van der Waals surface area contributed by atoms with Crippen LogP contribution in [0.1, 0.15) is 101 Å². The summed E-state index contributed by atoms with van der Waals surface area (Å²) in [6, 6.07) is 7.50. The Morgan fingerprint density at radius 3 is 1.57 bits per heavy atom. The maximum atomic E-state index is 10.5. The minimum atomic E-state index is 0.0673. The summed E-state index contributed by atoms with van der Waals surface area (Å²) in [5.74, 6) is 0.650. The van der Waals surface area contributed by atoms with Crippen molar-refractivity contribution in [1.29, 1.82) is 0 Å². The average Bonchev–Trinajstić information content (AvgIpc) is 2.75. The van der Waals surface area contributed by atoms with Gasteiger partial charge in [-0.25, -0.2) is 0 Å². The molecular weight excluding hydrogens is 344 g/mol. The lowest BCUT2D eigenvalue weighted by atomic mass is 9.80. The molecule has 0 aliphatic rings. The van der Waals surface area contributed by atoms with E-state index in [0.717, 1.165) is 84.7 Å². The highest BCUT2D eigenvalue weighted by atomic mass is 16.3. The van der Waals surface area contributed by atoms with Crippen LogP contribution in [-0.4, -0.2) is 10.2 Å². The quantitative estimate of drug-likeness (QED) is 0.448. The zero-order chi connectivity index (χ0) is 22.1. The lowest BCUT2D eigenvalue weighted by Gasteiger charge is -2.25. The Kier molecular flexibility index (Phi) is 7.29. The molecule has 0 atom stereocenters. The molecule has 2 nitrogen and oxygen atoms in total. The normalized spacial score (nSPS) is 12.3.